The van der Waals surface area contributed by atoms with Gasteiger partial charge in [-0.25, -0.2) is 0 Å². The van der Waals surface area contributed by atoms with Gasteiger partial charge < -0.3 is 10.6 Å². The molecule has 2 nitrogen and oxygen atoms in total. The summed E-state index contributed by atoms with van der Waals surface area (Å²) in [4.78, 5) is 0. The van der Waals surface area contributed by atoms with Crippen LogP contribution < -0.4 is 10.6 Å². The molecule has 86 valence electrons. The zero-order chi connectivity index (χ0) is 11.0. The van der Waals surface area contributed by atoms with Crippen LogP contribution in [0.2, 0.25) is 0 Å². The maximum Gasteiger partial charge on any atom is -0.00156 e. The predicted molar refractivity (Wildman–Crippen MR) is 64.6 cm³/mol. The Morgan fingerprint density at radius 2 is 1.50 bits per heavy atom. The van der Waals surface area contributed by atoms with Crippen molar-refractivity contribution in [1.29, 1.82) is 0 Å². The molecular weight excluding hydrogens is 172 g/mol. The maximum atomic E-state index is 3.54. The van der Waals surface area contributed by atoms with Crippen LogP contribution in [0.4, 0.5) is 0 Å². The molecule has 0 aromatic carbocycles. The van der Waals surface area contributed by atoms with Crippen molar-refractivity contribution in [2.75, 3.05) is 26.7 Å². The molecule has 0 fully saturated rings. The predicted octanol–water partition coefficient (Wildman–Crippen LogP) is 2.11. The first-order valence-corrected chi connectivity index (χ1v) is 5.94. The third kappa shape index (κ3) is 6.39. The normalized spacial score (nSPS) is 12.0. The maximum absolute atomic E-state index is 3.54. The molecule has 14 heavy (non-hydrogen) atoms. The van der Waals surface area contributed by atoms with Crippen LogP contribution in [0.1, 0.15) is 34.1 Å². The van der Waals surface area contributed by atoms with E-state index in [-0.39, 0.29) is 0 Å². The molecule has 2 heteroatoms. The van der Waals surface area contributed by atoms with Crippen LogP contribution >= 0.6 is 0 Å². The fourth-order valence-corrected chi connectivity index (χ4v) is 1.90. The highest BCUT2D eigenvalue weighted by molar-refractivity contribution is 4.69. The van der Waals surface area contributed by atoms with E-state index in [1.807, 2.05) is 7.05 Å². The van der Waals surface area contributed by atoms with Crippen molar-refractivity contribution in [3.8, 4) is 0 Å². The van der Waals surface area contributed by atoms with E-state index in [0.29, 0.717) is 0 Å². The van der Waals surface area contributed by atoms with Crippen LogP contribution in [0.3, 0.4) is 0 Å². The van der Waals surface area contributed by atoms with E-state index in [0.717, 1.165) is 30.8 Å². The minimum absolute atomic E-state index is 0.784. The first kappa shape index (κ1) is 13.9. The van der Waals surface area contributed by atoms with Crippen molar-refractivity contribution >= 4 is 0 Å². The van der Waals surface area contributed by atoms with Gasteiger partial charge in [0.2, 0.25) is 0 Å². The molecule has 0 aliphatic heterocycles. The molecule has 0 aliphatic carbocycles. The first-order valence-electron chi connectivity index (χ1n) is 5.94. The lowest BCUT2D eigenvalue weighted by molar-refractivity contribution is 0.276. The zero-order valence-electron chi connectivity index (χ0n) is 10.6. The number of hydrogen-bond acceptors (Lipinski definition) is 2. The second kappa shape index (κ2) is 8.25. The second-order valence-corrected chi connectivity index (χ2v) is 4.81. The minimum atomic E-state index is 0.784. The van der Waals surface area contributed by atoms with Crippen LogP contribution in [0.5, 0.6) is 0 Å². The summed E-state index contributed by atoms with van der Waals surface area (Å²) < 4.78 is 0. The van der Waals surface area contributed by atoms with Crippen LogP contribution in [0.15, 0.2) is 0 Å². The quantitative estimate of drug-likeness (QED) is 0.586. The van der Waals surface area contributed by atoms with Gasteiger partial charge in [0.15, 0.2) is 0 Å². The molecule has 0 amide bonds. The number of hydrogen-bond donors (Lipinski definition) is 2. The zero-order valence-corrected chi connectivity index (χ0v) is 10.6. The van der Waals surface area contributed by atoms with E-state index in [9.17, 15) is 0 Å². The fraction of sp³-hybridized carbons (Fsp3) is 1.00. The Kier molecular flexibility index (Phi) is 8.20. The molecule has 0 radical (unpaired) electrons. The van der Waals surface area contributed by atoms with E-state index in [1.54, 1.807) is 0 Å². The van der Waals surface area contributed by atoms with E-state index in [1.165, 1.54) is 13.0 Å². The van der Waals surface area contributed by atoms with Crippen LogP contribution in [0, 0.1) is 17.8 Å². The summed E-state index contributed by atoms with van der Waals surface area (Å²) in [6, 6.07) is 0. The molecule has 0 saturated heterocycles. The van der Waals surface area contributed by atoms with Crippen molar-refractivity contribution < 1.29 is 0 Å². The third-order valence-corrected chi connectivity index (χ3v) is 2.87. The summed E-state index contributed by atoms with van der Waals surface area (Å²) >= 11 is 0. The van der Waals surface area contributed by atoms with Crippen molar-refractivity contribution in [2.45, 2.75) is 34.1 Å². The Bertz CT molecular complexity index is 113. The van der Waals surface area contributed by atoms with Crippen molar-refractivity contribution in [2.24, 2.45) is 17.8 Å². The van der Waals surface area contributed by atoms with Crippen LogP contribution in [0.25, 0.3) is 0 Å². The SMILES string of the molecule is CNCCCNCC(C(C)C)C(C)C. The molecule has 0 rings (SSSR count). The number of nitrogens with one attached hydrogen (secondary N) is 2. The number of rotatable bonds is 8. The Labute approximate surface area is 89.9 Å². The van der Waals surface area contributed by atoms with Gasteiger partial charge in [-0.15, -0.1) is 0 Å². The highest BCUT2D eigenvalue weighted by Crippen LogP contribution is 2.19. The lowest BCUT2D eigenvalue weighted by atomic mass is 9.85. The van der Waals surface area contributed by atoms with Gasteiger partial charge in [0.25, 0.3) is 0 Å². The molecule has 0 spiro atoms. The summed E-state index contributed by atoms with van der Waals surface area (Å²) in [5.74, 6) is 2.38. The smallest absolute Gasteiger partial charge is 0.00156 e. The molecule has 0 saturated carbocycles. The topological polar surface area (TPSA) is 24.1 Å². The standard InChI is InChI=1S/C12H28N2/c1-10(2)12(11(3)4)9-14-8-6-7-13-5/h10-14H,6-9H2,1-5H3. The van der Waals surface area contributed by atoms with Crippen molar-refractivity contribution in [3.05, 3.63) is 0 Å². The van der Waals surface area contributed by atoms with Crippen molar-refractivity contribution in [3.63, 3.8) is 0 Å². The summed E-state index contributed by atoms with van der Waals surface area (Å²) in [7, 11) is 2.00. The van der Waals surface area contributed by atoms with Gasteiger partial charge >= 0.3 is 0 Å². The Morgan fingerprint density at radius 3 is 1.93 bits per heavy atom. The molecule has 0 aromatic rings. The highest BCUT2D eigenvalue weighted by atomic mass is 14.9. The van der Waals surface area contributed by atoms with Gasteiger partial charge in [-0.1, -0.05) is 27.7 Å². The average molecular weight is 200 g/mol. The van der Waals surface area contributed by atoms with Crippen LogP contribution in [-0.2, 0) is 0 Å². The van der Waals surface area contributed by atoms with Gasteiger partial charge in [0.05, 0.1) is 0 Å². The lowest BCUT2D eigenvalue weighted by Gasteiger charge is -2.25. The van der Waals surface area contributed by atoms with Gasteiger partial charge in [-0.3, -0.25) is 0 Å². The Hall–Kier alpha value is -0.0800. The monoisotopic (exact) mass is 200 g/mol. The highest BCUT2D eigenvalue weighted by Gasteiger charge is 2.16. The van der Waals surface area contributed by atoms with Gasteiger partial charge in [-0.05, 0) is 50.9 Å². The van der Waals surface area contributed by atoms with E-state index in [4.69, 9.17) is 0 Å². The Morgan fingerprint density at radius 1 is 0.929 bits per heavy atom. The Balaban J connectivity index is 3.52. The third-order valence-electron chi connectivity index (χ3n) is 2.87. The van der Waals surface area contributed by atoms with Gasteiger partial charge in [0, 0.05) is 0 Å². The van der Waals surface area contributed by atoms with E-state index >= 15 is 0 Å². The summed E-state index contributed by atoms with van der Waals surface area (Å²) in [5, 5.41) is 6.70. The molecule has 0 aliphatic rings. The first-order chi connectivity index (χ1) is 6.59. The molecular formula is C12H28N2. The summed E-state index contributed by atoms with van der Waals surface area (Å²) in [6.45, 7) is 12.7. The van der Waals surface area contributed by atoms with Crippen molar-refractivity contribution in [1.82, 2.24) is 10.6 Å². The molecule has 0 bridgehead atoms. The fourth-order valence-electron chi connectivity index (χ4n) is 1.90. The molecule has 0 unspecified atom stereocenters. The van der Waals surface area contributed by atoms with E-state index < -0.39 is 0 Å². The average Bonchev–Trinajstić information content (AvgIpc) is 2.09. The molecule has 0 heterocycles. The molecule has 2 N–H and O–H groups in total. The van der Waals surface area contributed by atoms with Gasteiger partial charge in [-0.2, -0.15) is 0 Å². The lowest BCUT2D eigenvalue weighted by Crippen LogP contribution is -2.31. The minimum Gasteiger partial charge on any atom is -0.320 e. The molecule has 0 aromatic heterocycles. The van der Waals surface area contributed by atoms with Gasteiger partial charge in [0.1, 0.15) is 0 Å². The largest absolute Gasteiger partial charge is 0.320 e. The van der Waals surface area contributed by atoms with Crippen LogP contribution in [-0.4, -0.2) is 26.7 Å². The summed E-state index contributed by atoms with van der Waals surface area (Å²) in [6.07, 6.45) is 1.22. The van der Waals surface area contributed by atoms with E-state index in [2.05, 4.69) is 38.3 Å². The summed E-state index contributed by atoms with van der Waals surface area (Å²) in [5.41, 5.74) is 0. The second-order valence-electron chi connectivity index (χ2n) is 4.81. The molecule has 0 atom stereocenters.